The van der Waals surface area contributed by atoms with E-state index in [9.17, 15) is 0 Å². The second kappa shape index (κ2) is 18.1. The molecule has 0 heterocycles. The van der Waals surface area contributed by atoms with Crippen LogP contribution in [0.25, 0.3) is 10.8 Å². The maximum atomic E-state index is 2.39. The van der Waals surface area contributed by atoms with Crippen LogP contribution in [-0.4, -0.2) is 0 Å². The van der Waals surface area contributed by atoms with Gasteiger partial charge in [0.05, 0.1) is 0 Å². The molecule has 0 nitrogen and oxygen atoms in total. The molecule has 2 aromatic rings. The molecule has 0 amide bonds. The lowest BCUT2D eigenvalue weighted by molar-refractivity contribution is 0.530. The summed E-state index contributed by atoms with van der Waals surface area (Å²) >= 11 is 0. The summed E-state index contributed by atoms with van der Waals surface area (Å²) in [4.78, 5) is 0. The molecule has 0 unspecified atom stereocenters. The van der Waals surface area contributed by atoms with E-state index in [1.807, 2.05) is 0 Å². The zero-order valence-electron chi connectivity index (χ0n) is 20.4. The van der Waals surface area contributed by atoms with Gasteiger partial charge in [-0.05, 0) is 35.6 Å². The average Bonchev–Trinajstić information content (AvgIpc) is 2.80. The molecule has 0 aliphatic carbocycles. The van der Waals surface area contributed by atoms with Crippen molar-refractivity contribution in [2.24, 2.45) is 0 Å². The van der Waals surface area contributed by atoms with Gasteiger partial charge in [-0.3, -0.25) is 0 Å². The Kier molecular flexibility index (Phi) is 15.0. The van der Waals surface area contributed by atoms with Gasteiger partial charge in [0.1, 0.15) is 0 Å². The Morgan fingerprint density at radius 1 is 0.516 bits per heavy atom. The summed E-state index contributed by atoms with van der Waals surface area (Å²) in [5.74, 6) is 0. The van der Waals surface area contributed by atoms with Gasteiger partial charge < -0.3 is 0 Å². The average molecular weight is 421 g/mol. The Morgan fingerprint density at radius 3 is 1.61 bits per heavy atom. The summed E-state index contributed by atoms with van der Waals surface area (Å²) in [6.45, 7) is 2.30. The number of unbranched alkanes of at least 4 members (excludes halogenated alkanes) is 16. The number of allylic oxidation sites excluding steroid dienone is 2. The third-order valence-electron chi connectivity index (χ3n) is 6.56. The molecule has 0 saturated heterocycles. The minimum absolute atomic E-state index is 1.06. The van der Waals surface area contributed by atoms with Crippen molar-refractivity contribution < 1.29 is 0 Å². The molecule has 0 N–H and O–H groups in total. The van der Waals surface area contributed by atoms with Gasteiger partial charge >= 0.3 is 0 Å². The van der Waals surface area contributed by atoms with Crippen LogP contribution in [0.15, 0.2) is 54.6 Å². The van der Waals surface area contributed by atoms with Crippen molar-refractivity contribution in [3.63, 3.8) is 0 Å². The van der Waals surface area contributed by atoms with E-state index in [1.165, 1.54) is 125 Å². The smallest absolute Gasteiger partial charge is 0.00972 e. The van der Waals surface area contributed by atoms with E-state index in [2.05, 4.69) is 61.5 Å². The normalized spacial score (nSPS) is 11.6. The number of fused-ring (bicyclic) bond motifs is 1. The van der Waals surface area contributed by atoms with Crippen LogP contribution >= 0.6 is 0 Å². The highest BCUT2D eigenvalue weighted by molar-refractivity contribution is 5.83. The summed E-state index contributed by atoms with van der Waals surface area (Å²) in [6.07, 6.45) is 30.1. The molecule has 0 spiro atoms. The fourth-order valence-electron chi connectivity index (χ4n) is 4.51. The number of benzene rings is 2. The summed E-state index contributed by atoms with van der Waals surface area (Å²) in [5, 5.41) is 2.69. The van der Waals surface area contributed by atoms with Crippen molar-refractivity contribution in [1.82, 2.24) is 0 Å². The van der Waals surface area contributed by atoms with Crippen LogP contribution in [0, 0.1) is 0 Å². The lowest BCUT2D eigenvalue weighted by Gasteiger charge is -2.03. The monoisotopic (exact) mass is 420 g/mol. The zero-order valence-corrected chi connectivity index (χ0v) is 20.4. The molecule has 0 bridgehead atoms. The zero-order chi connectivity index (χ0) is 21.8. The lowest BCUT2D eigenvalue weighted by Crippen LogP contribution is -1.84. The van der Waals surface area contributed by atoms with E-state index < -0.39 is 0 Å². The molecule has 0 aliphatic rings. The molecule has 0 radical (unpaired) electrons. The summed E-state index contributed by atoms with van der Waals surface area (Å²) in [7, 11) is 0. The lowest BCUT2D eigenvalue weighted by atomic mass is 10.0. The van der Waals surface area contributed by atoms with Gasteiger partial charge in [0.2, 0.25) is 0 Å². The highest BCUT2D eigenvalue weighted by atomic mass is 14.0. The van der Waals surface area contributed by atoms with Crippen LogP contribution in [0.5, 0.6) is 0 Å². The first-order valence-corrected chi connectivity index (χ1v) is 13.5. The van der Waals surface area contributed by atoms with E-state index in [0.29, 0.717) is 0 Å². The van der Waals surface area contributed by atoms with Gasteiger partial charge in [-0.1, -0.05) is 158 Å². The van der Waals surface area contributed by atoms with Crippen LogP contribution in [-0.2, 0) is 6.42 Å². The number of hydrogen-bond donors (Lipinski definition) is 0. The molecule has 172 valence electrons. The van der Waals surface area contributed by atoms with Gasteiger partial charge in [0.25, 0.3) is 0 Å². The first-order chi connectivity index (χ1) is 15.4. The molecule has 2 rings (SSSR count). The van der Waals surface area contributed by atoms with Gasteiger partial charge in [-0.25, -0.2) is 0 Å². The first-order valence-electron chi connectivity index (χ1n) is 13.5. The van der Waals surface area contributed by atoms with Crippen LogP contribution < -0.4 is 0 Å². The Morgan fingerprint density at radius 2 is 1.03 bits per heavy atom. The first kappa shape index (κ1) is 25.7. The number of rotatable bonds is 19. The van der Waals surface area contributed by atoms with Crippen molar-refractivity contribution in [3.8, 4) is 0 Å². The van der Waals surface area contributed by atoms with Crippen molar-refractivity contribution in [3.05, 3.63) is 60.2 Å². The Labute approximate surface area is 193 Å². The van der Waals surface area contributed by atoms with Crippen LogP contribution in [0.2, 0.25) is 0 Å². The summed E-state index contributed by atoms with van der Waals surface area (Å²) in [5.41, 5.74) is 1.42. The molecule has 2 aromatic carbocycles. The van der Waals surface area contributed by atoms with Gasteiger partial charge in [-0.2, -0.15) is 0 Å². The highest BCUT2D eigenvalue weighted by Crippen LogP contribution is 2.17. The second-order valence-electron chi connectivity index (χ2n) is 9.45. The third kappa shape index (κ3) is 12.8. The topological polar surface area (TPSA) is 0 Å². The number of hydrogen-bond acceptors (Lipinski definition) is 0. The molecule has 0 saturated carbocycles. The molecule has 31 heavy (non-hydrogen) atoms. The van der Waals surface area contributed by atoms with Crippen LogP contribution in [0.4, 0.5) is 0 Å². The van der Waals surface area contributed by atoms with Crippen molar-refractivity contribution >= 4 is 10.8 Å². The van der Waals surface area contributed by atoms with Crippen molar-refractivity contribution in [2.45, 2.75) is 122 Å². The van der Waals surface area contributed by atoms with Gasteiger partial charge in [0.15, 0.2) is 0 Å². The second-order valence-corrected chi connectivity index (χ2v) is 9.45. The van der Waals surface area contributed by atoms with E-state index in [-0.39, 0.29) is 0 Å². The third-order valence-corrected chi connectivity index (χ3v) is 6.56. The Bertz CT molecular complexity index is 696. The quantitative estimate of drug-likeness (QED) is 0.156. The molecule has 0 aromatic heterocycles. The fourth-order valence-corrected chi connectivity index (χ4v) is 4.51. The van der Waals surface area contributed by atoms with Crippen molar-refractivity contribution in [1.29, 1.82) is 0 Å². The van der Waals surface area contributed by atoms with Gasteiger partial charge in [-0.15, -0.1) is 0 Å². The molecular weight excluding hydrogens is 372 g/mol. The molecule has 0 fully saturated rings. The fraction of sp³-hybridized carbons (Fsp3) is 0.613. The van der Waals surface area contributed by atoms with Gasteiger partial charge in [0, 0.05) is 0 Å². The van der Waals surface area contributed by atoms with E-state index in [4.69, 9.17) is 0 Å². The minimum atomic E-state index is 1.06. The largest absolute Gasteiger partial charge is 0.0882 e. The van der Waals surface area contributed by atoms with E-state index in [1.54, 1.807) is 0 Å². The van der Waals surface area contributed by atoms with Crippen LogP contribution in [0.1, 0.15) is 122 Å². The van der Waals surface area contributed by atoms with E-state index >= 15 is 0 Å². The standard InChI is InChI=1S/C31H48/c1-2-3-4-5-6-7-8-9-10-11-12-13-14-15-16-17-18-19-20-23-29-26-27-30-24-21-22-25-31(30)28-29/h19-22,24-28H,2-18,23H2,1H3/b20-19+. The molecule has 0 aliphatic heterocycles. The molecule has 0 atom stereocenters. The predicted octanol–water partition coefficient (Wildman–Crippen LogP) is 10.6. The highest BCUT2D eigenvalue weighted by Gasteiger charge is 1.96. The van der Waals surface area contributed by atoms with Crippen molar-refractivity contribution in [2.75, 3.05) is 0 Å². The maximum Gasteiger partial charge on any atom is -0.00972 e. The SMILES string of the molecule is CCCCCCCCCCCCCCCCCC/C=C/Cc1ccc2ccccc2c1. The summed E-state index contributed by atoms with van der Waals surface area (Å²) in [6, 6.07) is 15.5. The predicted molar refractivity (Wildman–Crippen MR) is 141 cm³/mol. The Hall–Kier alpha value is -1.56. The Balaban J connectivity index is 1.33. The van der Waals surface area contributed by atoms with E-state index in [0.717, 1.165) is 6.42 Å². The maximum absolute atomic E-state index is 2.39. The molecular formula is C31H48. The van der Waals surface area contributed by atoms with Crippen LogP contribution in [0.3, 0.4) is 0 Å². The molecule has 0 heteroatoms. The summed E-state index contributed by atoms with van der Waals surface area (Å²) < 4.78 is 0. The minimum Gasteiger partial charge on any atom is -0.0882 e.